The van der Waals surface area contributed by atoms with Gasteiger partial charge >= 0.3 is 5.97 Å². The van der Waals surface area contributed by atoms with Gasteiger partial charge in [-0.1, -0.05) is 10.6 Å². The standard InChI is InChI=1S/C10H10N2O3S/c1-2-15-10(14)9(13)6-3-4-7-8(5-6)16-12-11-7/h3-5,9,13H,2H2,1H3. The van der Waals surface area contributed by atoms with E-state index in [0.717, 1.165) is 10.2 Å². The second kappa shape index (κ2) is 4.54. The number of carbonyl (C=O) groups excluding carboxylic acids is 1. The van der Waals surface area contributed by atoms with Crippen LogP contribution in [0.25, 0.3) is 10.2 Å². The van der Waals surface area contributed by atoms with Crippen LogP contribution in [-0.4, -0.2) is 27.3 Å². The summed E-state index contributed by atoms with van der Waals surface area (Å²) in [5.41, 5.74) is 1.25. The van der Waals surface area contributed by atoms with Crippen molar-refractivity contribution in [1.29, 1.82) is 0 Å². The van der Waals surface area contributed by atoms with Crippen LogP contribution in [0, 0.1) is 0 Å². The molecule has 1 heterocycles. The third-order valence-electron chi connectivity index (χ3n) is 2.10. The summed E-state index contributed by atoms with van der Waals surface area (Å²) in [7, 11) is 0. The van der Waals surface area contributed by atoms with E-state index >= 15 is 0 Å². The number of aliphatic hydroxyl groups excluding tert-OH is 1. The number of aromatic nitrogens is 2. The van der Waals surface area contributed by atoms with E-state index in [-0.39, 0.29) is 6.61 Å². The van der Waals surface area contributed by atoms with Crippen molar-refractivity contribution in [2.24, 2.45) is 0 Å². The predicted octanol–water partition coefficient (Wildman–Crippen LogP) is 1.29. The van der Waals surface area contributed by atoms with E-state index < -0.39 is 12.1 Å². The molecular formula is C10H10N2O3S. The maximum Gasteiger partial charge on any atom is 0.339 e. The van der Waals surface area contributed by atoms with Crippen molar-refractivity contribution in [3.8, 4) is 0 Å². The van der Waals surface area contributed by atoms with Gasteiger partial charge in [0.1, 0.15) is 5.52 Å². The molecule has 0 amide bonds. The Morgan fingerprint density at radius 2 is 2.44 bits per heavy atom. The van der Waals surface area contributed by atoms with Crippen molar-refractivity contribution in [3.05, 3.63) is 23.8 Å². The molecule has 0 radical (unpaired) electrons. The fourth-order valence-corrected chi connectivity index (χ4v) is 1.93. The van der Waals surface area contributed by atoms with Crippen LogP contribution in [0.4, 0.5) is 0 Å². The lowest BCUT2D eigenvalue weighted by Crippen LogP contribution is -2.15. The molecule has 2 aromatic rings. The van der Waals surface area contributed by atoms with Gasteiger partial charge in [0.2, 0.25) is 0 Å². The first-order valence-corrected chi connectivity index (χ1v) is 5.56. The summed E-state index contributed by atoms with van der Waals surface area (Å²) in [4.78, 5) is 11.3. The normalized spacial score (nSPS) is 12.6. The van der Waals surface area contributed by atoms with Gasteiger partial charge in [-0.3, -0.25) is 0 Å². The third-order valence-corrected chi connectivity index (χ3v) is 2.78. The van der Waals surface area contributed by atoms with Gasteiger partial charge in [-0.2, -0.15) is 0 Å². The van der Waals surface area contributed by atoms with Gasteiger partial charge in [0.25, 0.3) is 0 Å². The van der Waals surface area contributed by atoms with E-state index in [1.807, 2.05) is 0 Å². The average Bonchev–Trinajstić information content (AvgIpc) is 2.75. The van der Waals surface area contributed by atoms with E-state index in [1.165, 1.54) is 11.5 Å². The number of benzene rings is 1. The molecule has 1 N–H and O–H groups in total. The molecule has 16 heavy (non-hydrogen) atoms. The van der Waals surface area contributed by atoms with Crippen LogP contribution in [-0.2, 0) is 9.53 Å². The van der Waals surface area contributed by atoms with Crippen molar-refractivity contribution in [2.75, 3.05) is 6.61 Å². The zero-order valence-corrected chi connectivity index (χ0v) is 9.40. The number of nitrogens with zero attached hydrogens (tertiary/aromatic N) is 2. The number of aliphatic hydroxyl groups is 1. The molecule has 0 bridgehead atoms. The summed E-state index contributed by atoms with van der Waals surface area (Å²) in [6.45, 7) is 1.95. The molecule has 0 saturated heterocycles. The minimum atomic E-state index is -1.24. The summed E-state index contributed by atoms with van der Waals surface area (Å²) < 4.78 is 9.35. The molecule has 5 nitrogen and oxygen atoms in total. The summed E-state index contributed by atoms with van der Waals surface area (Å²) in [5, 5.41) is 13.6. The van der Waals surface area contributed by atoms with Gasteiger partial charge in [-0.25, -0.2) is 4.79 Å². The van der Waals surface area contributed by atoms with Crippen molar-refractivity contribution < 1.29 is 14.6 Å². The molecule has 0 aliphatic rings. The average molecular weight is 238 g/mol. The first-order chi connectivity index (χ1) is 7.72. The van der Waals surface area contributed by atoms with Gasteiger partial charge in [0.15, 0.2) is 6.10 Å². The molecule has 1 aromatic heterocycles. The Morgan fingerprint density at radius 3 is 3.19 bits per heavy atom. The quantitative estimate of drug-likeness (QED) is 0.816. The molecule has 1 aromatic carbocycles. The summed E-state index contributed by atoms with van der Waals surface area (Å²) in [6, 6.07) is 5.06. The van der Waals surface area contributed by atoms with Crippen molar-refractivity contribution in [2.45, 2.75) is 13.0 Å². The molecule has 0 fully saturated rings. The summed E-state index contributed by atoms with van der Waals surface area (Å²) in [6.07, 6.45) is -1.24. The Labute approximate surface area is 95.8 Å². The van der Waals surface area contributed by atoms with Crippen LogP contribution >= 0.6 is 11.5 Å². The molecule has 2 rings (SSSR count). The van der Waals surface area contributed by atoms with Gasteiger partial charge < -0.3 is 9.84 Å². The lowest BCUT2D eigenvalue weighted by molar-refractivity contribution is -0.153. The highest BCUT2D eigenvalue weighted by Gasteiger charge is 2.19. The molecule has 0 aliphatic carbocycles. The van der Waals surface area contributed by atoms with Gasteiger partial charge in [0, 0.05) is 0 Å². The van der Waals surface area contributed by atoms with E-state index in [2.05, 4.69) is 9.59 Å². The van der Waals surface area contributed by atoms with Crippen LogP contribution < -0.4 is 0 Å². The largest absolute Gasteiger partial charge is 0.464 e. The van der Waals surface area contributed by atoms with Crippen LogP contribution in [0.2, 0.25) is 0 Å². The maximum atomic E-state index is 11.3. The number of rotatable bonds is 3. The van der Waals surface area contributed by atoms with Crippen LogP contribution in [0.15, 0.2) is 18.2 Å². The molecule has 84 valence electrons. The zero-order chi connectivity index (χ0) is 11.5. The highest BCUT2D eigenvalue weighted by molar-refractivity contribution is 7.12. The number of fused-ring (bicyclic) bond motifs is 1. The van der Waals surface area contributed by atoms with Crippen molar-refractivity contribution in [1.82, 2.24) is 9.59 Å². The summed E-state index contributed by atoms with van der Waals surface area (Å²) in [5.74, 6) is -0.640. The van der Waals surface area contributed by atoms with Gasteiger partial charge in [0.05, 0.1) is 11.3 Å². The fraction of sp³-hybridized carbons (Fsp3) is 0.300. The minimum Gasteiger partial charge on any atom is -0.464 e. The number of esters is 1. The Morgan fingerprint density at radius 1 is 1.62 bits per heavy atom. The molecule has 0 spiro atoms. The number of hydrogen-bond donors (Lipinski definition) is 1. The van der Waals surface area contributed by atoms with E-state index in [0.29, 0.717) is 5.56 Å². The topological polar surface area (TPSA) is 72.3 Å². The first-order valence-electron chi connectivity index (χ1n) is 4.79. The van der Waals surface area contributed by atoms with E-state index in [9.17, 15) is 9.90 Å². The maximum absolute atomic E-state index is 11.3. The number of hydrogen-bond acceptors (Lipinski definition) is 6. The number of ether oxygens (including phenoxy) is 1. The fourth-order valence-electron chi connectivity index (χ4n) is 1.32. The Balaban J connectivity index is 2.28. The molecule has 1 unspecified atom stereocenters. The SMILES string of the molecule is CCOC(=O)C(O)c1ccc2nnsc2c1. The second-order valence-electron chi connectivity index (χ2n) is 3.15. The lowest BCUT2D eigenvalue weighted by Gasteiger charge is -2.09. The second-order valence-corrected chi connectivity index (χ2v) is 3.94. The smallest absolute Gasteiger partial charge is 0.339 e. The molecule has 0 saturated carbocycles. The summed E-state index contributed by atoms with van der Waals surface area (Å²) >= 11 is 1.22. The minimum absolute atomic E-state index is 0.250. The molecule has 0 aliphatic heterocycles. The van der Waals surface area contributed by atoms with Crippen LogP contribution in [0.3, 0.4) is 0 Å². The van der Waals surface area contributed by atoms with Gasteiger partial charge in [-0.05, 0) is 36.2 Å². The Hall–Kier alpha value is -1.53. The highest BCUT2D eigenvalue weighted by atomic mass is 32.1. The lowest BCUT2D eigenvalue weighted by atomic mass is 10.1. The first kappa shape index (κ1) is 11.0. The number of carbonyl (C=O) groups is 1. The highest BCUT2D eigenvalue weighted by Crippen LogP contribution is 2.22. The Bertz CT molecular complexity index is 511. The van der Waals surface area contributed by atoms with Crippen molar-refractivity contribution in [3.63, 3.8) is 0 Å². The molecule has 6 heteroatoms. The Kier molecular flexibility index (Phi) is 3.12. The van der Waals surface area contributed by atoms with Crippen LogP contribution in [0.1, 0.15) is 18.6 Å². The van der Waals surface area contributed by atoms with Crippen molar-refractivity contribution >= 4 is 27.7 Å². The monoisotopic (exact) mass is 238 g/mol. The van der Waals surface area contributed by atoms with Gasteiger partial charge in [-0.15, -0.1) is 5.10 Å². The molecular weight excluding hydrogens is 228 g/mol. The van der Waals surface area contributed by atoms with Crippen LogP contribution in [0.5, 0.6) is 0 Å². The zero-order valence-electron chi connectivity index (χ0n) is 8.58. The molecule has 1 atom stereocenters. The predicted molar refractivity (Wildman–Crippen MR) is 59.0 cm³/mol. The van der Waals surface area contributed by atoms with E-state index in [4.69, 9.17) is 4.74 Å². The third kappa shape index (κ3) is 2.02. The van der Waals surface area contributed by atoms with E-state index in [1.54, 1.807) is 25.1 Å².